The van der Waals surface area contributed by atoms with Crippen LogP contribution in [0.2, 0.25) is 0 Å². The summed E-state index contributed by atoms with van der Waals surface area (Å²) in [5.41, 5.74) is 0.483. The molecule has 0 fully saturated rings. The Morgan fingerprint density at radius 1 is 1.16 bits per heavy atom. The highest BCUT2D eigenvalue weighted by Crippen LogP contribution is 2.18. The molecule has 19 heavy (non-hydrogen) atoms. The van der Waals surface area contributed by atoms with E-state index in [1.165, 1.54) is 12.1 Å². The Hall–Kier alpha value is -2.37. The van der Waals surface area contributed by atoms with E-state index in [2.05, 4.69) is 20.5 Å². The van der Waals surface area contributed by atoms with Crippen molar-refractivity contribution in [2.24, 2.45) is 0 Å². The molecule has 1 heterocycles. The van der Waals surface area contributed by atoms with Gasteiger partial charge in [0.25, 0.3) is 5.56 Å². The van der Waals surface area contributed by atoms with Gasteiger partial charge in [0.2, 0.25) is 5.95 Å². The average molecular weight is 260 g/mol. The maximum absolute atomic E-state index is 11.9. The third-order valence-corrected chi connectivity index (χ3v) is 2.54. The molecular formula is C13H16N4O2. The van der Waals surface area contributed by atoms with Crippen LogP contribution in [0.15, 0.2) is 29.1 Å². The van der Waals surface area contributed by atoms with Crippen molar-refractivity contribution < 1.29 is 5.11 Å². The molecule has 2 rings (SSSR count). The fourth-order valence-electron chi connectivity index (χ4n) is 1.57. The molecule has 0 amide bonds. The van der Waals surface area contributed by atoms with E-state index in [1.54, 1.807) is 12.1 Å². The lowest BCUT2D eigenvalue weighted by Gasteiger charge is -2.15. The molecular weight excluding hydrogens is 244 g/mol. The van der Waals surface area contributed by atoms with Gasteiger partial charge >= 0.3 is 0 Å². The molecule has 0 radical (unpaired) electrons. The second-order valence-electron chi connectivity index (χ2n) is 5.27. The quantitative estimate of drug-likeness (QED) is 0.717. The summed E-state index contributed by atoms with van der Waals surface area (Å²) >= 11 is 0. The molecule has 0 aliphatic carbocycles. The molecule has 6 heteroatoms. The van der Waals surface area contributed by atoms with Crippen LogP contribution in [0.4, 0.5) is 11.6 Å². The normalized spacial score (nSPS) is 11.3. The summed E-state index contributed by atoms with van der Waals surface area (Å²) in [6.07, 6.45) is 0. The van der Waals surface area contributed by atoms with Crippen LogP contribution < -0.4 is 10.9 Å². The number of anilines is 2. The van der Waals surface area contributed by atoms with E-state index in [0.717, 1.165) is 0 Å². The van der Waals surface area contributed by atoms with Gasteiger partial charge < -0.3 is 10.4 Å². The molecule has 0 bridgehead atoms. The summed E-state index contributed by atoms with van der Waals surface area (Å²) in [6, 6.07) is 6.43. The van der Waals surface area contributed by atoms with Crippen molar-refractivity contribution in [3.63, 3.8) is 0 Å². The number of nitrogens with zero attached hydrogens (tertiary/aromatic N) is 2. The van der Waals surface area contributed by atoms with Gasteiger partial charge in [0, 0.05) is 11.1 Å². The average Bonchev–Trinajstić information content (AvgIpc) is 2.30. The number of aromatic amines is 1. The minimum Gasteiger partial charge on any atom is -0.508 e. The molecule has 0 saturated heterocycles. The van der Waals surface area contributed by atoms with Crippen molar-refractivity contribution in [2.45, 2.75) is 26.2 Å². The van der Waals surface area contributed by atoms with Gasteiger partial charge in [0.05, 0.1) is 0 Å². The Morgan fingerprint density at radius 3 is 2.32 bits per heavy atom. The summed E-state index contributed by atoms with van der Waals surface area (Å²) < 4.78 is 0. The van der Waals surface area contributed by atoms with Gasteiger partial charge in [-0.2, -0.15) is 0 Å². The van der Waals surface area contributed by atoms with Gasteiger partial charge in [-0.25, -0.2) is 0 Å². The van der Waals surface area contributed by atoms with Crippen LogP contribution in [0.5, 0.6) is 5.75 Å². The van der Waals surface area contributed by atoms with Crippen LogP contribution in [-0.2, 0) is 5.41 Å². The van der Waals surface area contributed by atoms with Crippen molar-refractivity contribution in [1.29, 1.82) is 0 Å². The molecule has 0 unspecified atom stereocenters. The van der Waals surface area contributed by atoms with Crippen molar-refractivity contribution in [3.05, 3.63) is 40.3 Å². The molecule has 1 aromatic heterocycles. The number of hydrogen-bond acceptors (Lipinski definition) is 5. The van der Waals surface area contributed by atoms with Gasteiger partial charge in [-0.1, -0.05) is 20.8 Å². The van der Waals surface area contributed by atoms with Crippen LogP contribution in [0, 0.1) is 0 Å². The molecule has 100 valence electrons. The summed E-state index contributed by atoms with van der Waals surface area (Å²) in [5, 5.41) is 20.0. The number of phenols is 1. The Balaban J connectivity index is 2.26. The van der Waals surface area contributed by atoms with Crippen molar-refractivity contribution in [1.82, 2.24) is 15.2 Å². The Bertz CT molecular complexity index is 626. The van der Waals surface area contributed by atoms with Crippen LogP contribution in [0.3, 0.4) is 0 Å². The van der Waals surface area contributed by atoms with Crippen LogP contribution in [0.1, 0.15) is 26.5 Å². The second kappa shape index (κ2) is 4.72. The van der Waals surface area contributed by atoms with Gasteiger partial charge in [-0.05, 0) is 24.3 Å². The third-order valence-electron chi connectivity index (χ3n) is 2.54. The van der Waals surface area contributed by atoms with Crippen LogP contribution >= 0.6 is 0 Å². The SMILES string of the molecule is CC(C)(C)c1nnc(Nc2ccc(O)cc2)[nH]c1=O. The monoisotopic (exact) mass is 260 g/mol. The highest BCUT2D eigenvalue weighted by molar-refractivity contribution is 5.53. The molecule has 3 N–H and O–H groups in total. The van der Waals surface area contributed by atoms with E-state index in [0.29, 0.717) is 11.4 Å². The summed E-state index contributed by atoms with van der Waals surface area (Å²) in [4.78, 5) is 14.5. The van der Waals surface area contributed by atoms with Crippen LogP contribution in [-0.4, -0.2) is 20.3 Å². The maximum Gasteiger partial charge on any atom is 0.274 e. The van der Waals surface area contributed by atoms with E-state index in [-0.39, 0.29) is 22.7 Å². The summed E-state index contributed by atoms with van der Waals surface area (Å²) in [5.74, 6) is 0.442. The zero-order chi connectivity index (χ0) is 14.0. The summed E-state index contributed by atoms with van der Waals surface area (Å²) in [7, 11) is 0. The van der Waals surface area contributed by atoms with Crippen molar-refractivity contribution in [2.75, 3.05) is 5.32 Å². The molecule has 0 atom stereocenters. The maximum atomic E-state index is 11.9. The number of phenolic OH excluding ortho intramolecular Hbond substituents is 1. The minimum atomic E-state index is -0.350. The zero-order valence-corrected chi connectivity index (χ0v) is 11.1. The zero-order valence-electron chi connectivity index (χ0n) is 11.1. The third kappa shape index (κ3) is 3.09. The highest BCUT2D eigenvalue weighted by atomic mass is 16.3. The first-order valence-electron chi connectivity index (χ1n) is 5.90. The molecule has 0 spiro atoms. The smallest absolute Gasteiger partial charge is 0.274 e. The Kier molecular flexibility index (Phi) is 3.25. The first kappa shape index (κ1) is 13.1. The fraction of sp³-hybridized carbons (Fsp3) is 0.308. The highest BCUT2D eigenvalue weighted by Gasteiger charge is 2.20. The van der Waals surface area contributed by atoms with Gasteiger partial charge in [0.15, 0.2) is 0 Å². The van der Waals surface area contributed by atoms with E-state index >= 15 is 0 Å². The molecule has 0 aliphatic heterocycles. The topological polar surface area (TPSA) is 90.9 Å². The first-order chi connectivity index (χ1) is 8.86. The standard InChI is InChI=1S/C13H16N4O2/c1-13(2,3)10-11(19)15-12(17-16-10)14-8-4-6-9(18)7-5-8/h4-7,18H,1-3H3,(H2,14,15,17,19). The first-order valence-corrected chi connectivity index (χ1v) is 5.90. The second-order valence-corrected chi connectivity index (χ2v) is 5.27. The fourth-order valence-corrected chi connectivity index (χ4v) is 1.57. The number of aromatic hydroxyl groups is 1. The summed E-state index contributed by atoms with van der Waals surface area (Å²) in [6.45, 7) is 5.71. The van der Waals surface area contributed by atoms with Gasteiger partial charge in [-0.15, -0.1) is 10.2 Å². The number of aromatic nitrogens is 3. The van der Waals surface area contributed by atoms with Gasteiger partial charge in [0.1, 0.15) is 11.4 Å². The van der Waals surface area contributed by atoms with Crippen molar-refractivity contribution >= 4 is 11.6 Å². The Morgan fingerprint density at radius 2 is 1.79 bits per heavy atom. The molecule has 6 nitrogen and oxygen atoms in total. The van der Waals surface area contributed by atoms with Gasteiger partial charge in [-0.3, -0.25) is 9.78 Å². The number of benzene rings is 1. The number of H-pyrrole nitrogens is 1. The lowest BCUT2D eigenvalue weighted by atomic mass is 9.93. The molecule has 0 aliphatic rings. The van der Waals surface area contributed by atoms with Crippen molar-refractivity contribution in [3.8, 4) is 5.75 Å². The predicted molar refractivity (Wildman–Crippen MR) is 72.7 cm³/mol. The Labute approximate surface area is 110 Å². The molecule has 2 aromatic rings. The molecule has 0 saturated carbocycles. The molecule has 1 aromatic carbocycles. The van der Waals surface area contributed by atoms with E-state index in [9.17, 15) is 9.90 Å². The number of nitrogens with one attached hydrogen (secondary N) is 2. The predicted octanol–water partition coefficient (Wildman–Crippen LogP) is 1.91. The van der Waals surface area contributed by atoms with Crippen LogP contribution in [0.25, 0.3) is 0 Å². The largest absolute Gasteiger partial charge is 0.508 e. The minimum absolute atomic E-state index is 0.174. The number of rotatable bonds is 2. The van der Waals surface area contributed by atoms with E-state index in [1.807, 2.05) is 20.8 Å². The van der Waals surface area contributed by atoms with E-state index in [4.69, 9.17) is 0 Å². The lowest BCUT2D eigenvalue weighted by molar-refractivity contribution is 0.475. The van der Waals surface area contributed by atoms with E-state index < -0.39 is 0 Å². The lowest BCUT2D eigenvalue weighted by Crippen LogP contribution is -2.28. The number of hydrogen-bond donors (Lipinski definition) is 3.